The standard InChI is InChI=1S/C7H6Cl4O4/c8-1-5(13)4(2-12)6(14)15-3-7(9,10)11/h2,4H,1,3H2. The van der Waals surface area contributed by atoms with Gasteiger partial charge >= 0.3 is 5.97 Å². The van der Waals surface area contributed by atoms with Crippen molar-refractivity contribution in [2.24, 2.45) is 5.92 Å². The topological polar surface area (TPSA) is 60.4 Å². The first-order chi connectivity index (χ1) is 6.81. The normalized spacial score (nSPS) is 13.1. The van der Waals surface area contributed by atoms with Crippen LogP contribution in [-0.4, -0.2) is 34.3 Å². The highest BCUT2D eigenvalue weighted by atomic mass is 35.6. The minimum Gasteiger partial charge on any atom is -0.460 e. The van der Waals surface area contributed by atoms with Crippen LogP contribution in [0.4, 0.5) is 0 Å². The van der Waals surface area contributed by atoms with Crippen molar-refractivity contribution >= 4 is 64.4 Å². The fraction of sp³-hybridized carbons (Fsp3) is 0.571. The molecule has 0 aromatic heterocycles. The van der Waals surface area contributed by atoms with Crippen LogP contribution in [0.2, 0.25) is 0 Å². The second-order valence-corrected chi connectivity index (χ2v) is 5.22. The molecule has 0 saturated carbocycles. The molecule has 86 valence electrons. The van der Waals surface area contributed by atoms with Crippen LogP contribution in [0.25, 0.3) is 0 Å². The van der Waals surface area contributed by atoms with E-state index in [-0.39, 0.29) is 6.29 Å². The molecule has 0 aromatic rings. The maximum Gasteiger partial charge on any atom is 0.324 e. The summed E-state index contributed by atoms with van der Waals surface area (Å²) in [4.78, 5) is 32.5. The molecule has 1 unspecified atom stereocenters. The van der Waals surface area contributed by atoms with E-state index >= 15 is 0 Å². The highest BCUT2D eigenvalue weighted by Gasteiger charge is 2.29. The van der Waals surface area contributed by atoms with Gasteiger partial charge in [-0.3, -0.25) is 9.59 Å². The number of carbonyl (C=O) groups is 3. The molecule has 0 saturated heterocycles. The Labute approximate surface area is 106 Å². The third-order valence-electron chi connectivity index (χ3n) is 1.25. The zero-order chi connectivity index (χ0) is 12.1. The lowest BCUT2D eigenvalue weighted by Gasteiger charge is -2.13. The van der Waals surface area contributed by atoms with Gasteiger partial charge in [0.2, 0.25) is 3.79 Å². The largest absolute Gasteiger partial charge is 0.460 e. The summed E-state index contributed by atoms with van der Waals surface area (Å²) >= 11 is 21.0. The lowest BCUT2D eigenvalue weighted by Crippen LogP contribution is -2.30. The van der Waals surface area contributed by atoms with Crippen molar-refractivity contribution < 1.29 is 19.1 Å². The Kier molecular flexibility index (Phi) is 6.52. The third-order valence-corrected chi connectivity index (χ3v) is 1.84. The van der Waals surface area contributed by atoms with Crippen molar-refractivity contribution in [2.75, 3.05) is 12.5 Å². The highest BCUT2D eigenvalue weighted by Crippen LogP contribution is 2.26. The van der Waals surface area contributed by atoms with E-state index in [2.05, 4.69) is 4.74 Å². The van der Waals surface area contributed by atoms with Crippen molar-refractivity contribution in [3.8, 4) is 0 Å². The molecule has 8 heteroatoms. The third kappa shape index (κ3) is 6.20. The SMILES string of the molecule is O=CC(C(=O)CCl)C(=O)OCC(Cl)(Cl)Cl. The Morgan fingerprint density at radius 1 is 1.33 bits per heavy atom. The van der Waals surface area contributed by atoms with E-state index in [1.807, 2.05) is 0 Å². The summed E-state index contributed by atoms with van der Waals surface area (Å²) in [6, 6.07) is 0. The molecule has 0 N–H and O–H groups in total. The molecule has 0 fully saturated rings. The molecule has 0 heterocycles. The summed E-state index contributed by atoms with van der Waals surface area (Å²) in [5.74, 6) is -3.87. The van der Waals surface area contributed by atoms with Crippen LogP contribution >= 0.6 is 46.4 Å². The van der Waals surface area contributed by atoms with Gasteiger partial charge in [-0.05, 0) is 0 Å². The first-order valence-electron chi connectivity index (χ1n) is 3.59. The average molecular weight is 296 g/mol. The van der Waals surface area contributed by atoms with E-state index in [0.29, 0.717) is 0 Å². The van der Waals surface area contributed by atoms with Gasteiger partial charge in [0.1, 0.15) is 12.9 Å². The van der Waals surface area contributed by atoms with Gasteiger partial charge < -0.3 is 9.53 Å². The molecule has 0 aliphatic heterocycles. The van der Waals surface area contributed by atoms with Crippen molar-refractivity contribution in [2.45, 2.75) is 3.79 Å². The fourth-order valence-corrected chi connectivity index (χ4v) is 0.919. The number of ether oxygens (including phenoxy) is 1. The Balaban J connectivity index is 4.30. The van der Waals surface area contributed by atoms with E-state index in [1.54, 1.807) is 0 Å². The number of Topliss-reactive ketones (excluding diaryl/α,β-unsaturated/α-hetero) is 1. The summed E-state index contributed by atoms with van der Waals surface area (Å²) in [6.45, 7) is -0.545. The molecule has 0 aliphatic rings. The van der Waals surface area contributed by atoms with Crippen LogP contribution in [0.5, 0.6) is 0 Å². The minimum atomic E-state index is -1.78. The van der Waals surface area contributed by atoms with Crippen molar-refractivity contribution in [1.82, 2.24) is 0 Å². The van der Waals surface area contributed by atoms with Crippen LogP contribution in [0.1, 0.15) is 0 Å². The van der Waals surface area contributed by atoms with Crippen molar-refractivity contribution in [3.05, 3.63) is 0 Å². The van der Waals surface area contributed by atoms with Gasteiger partial charge in [-0.2, -0.15) is 0 Å². The molecule has 0 aliphatic carbocycles. The number of aldehydes is 1. The van der Waals surface area contributed by atoms with E-state index in [9.17, 15) is 14.4 Å². The lowest BCUT2D eigenvalue weighted by molar-refractivity contribution is -0.152. The predicted molar refractivity (Wildman–Crippen MR) is 56.5 cm³/mol. The van der Waals surface area contributed by atoms with Gasteiger partial charge in [0.25, 0.3) is 0 Å². The van der Waals surface area contributed by atoms with Crippen LogP contribution in [0.15, 0.2) is 0 Å². The molecule has 0 aromatic carbocycles. The predicted octanol–water partition coefficient (Wildman–Crippen LogP) is 1.52. The molecular weight excluding hydrogens is 290 g/mol. The van der Waals surface area contributed by atoms with Crippen molar-refractivity contribution in [3.63, 3.8) is 0 Å². The summed E-state index contributed by atoms with van der Waals surface area (Å²) < 4.78 is 2.65. The zero-order valence-corrected chi connectivity index (χ0v) is 10.2. The smallest absolute Gasteiger partial charge is 0.324 e. The number of ketones is 1. The van der Waals surface area contributed by atoms with E-state index < -0.39 is 33.9 Å². The molecular formula is C7H6Cl4O4. The molecule has 0 radical (unpaired) electrons. The van der Waals surface area contributed by atoms with Gasteiger partial charge in [-0.25, -0.2) is 0 Å². The van der Waals surface area contributed by atoms with Crippen LogP contribution in [0.3, 0.4) is 0 Å². The lowest BCUT2D eigenvalue weighted by atomic mass is 10.1. The molecule has 4 nitrogen and oxygen atoms in total. The summed E-state index contributed by atoms with van der Waals surface area (Å²) in [5, 5.41) is 0. The van der Waals surface area contributed by atoms with E-state index in [0.717, 1.165) is 0 Å². The summed E-state index contributed by atoms with van der Waals surface area (Å²) in [7, 11) is 0. The second kappa shape index (κ2) is 6.53. The Bertz CT molecular complexity index is 260. The maximum absolute atomic E-state index is 11.1. The van der Waals surface area contributed by atoms with Gasteiger partial charge in [0.05, 0.1) is 5.88 Å². The summed E-state index contributed by atoms with van der Waals surface area (Å²) in [5.41, 5.74) is 0. The first-order valence-corrected chi connectivity index (χ1v) is 5.26. The Hall–Kier alpha value is -0.0300. The zero-order valence-electron chi connectivity index (χ0n) is 7.21. The number of carbonyl (C=O) groups excluding carboxylic acids is 3. The number of esters is 1. The van der Waals surface area contributed by atoms with Gasteiger partial charge in [0.15, 0.2) is 11.7 Å². The van der Waals surface area contributed by atoms with Crippen LogP contribution < -0.4 is 0 Å². The van der Waals surface area contributed by atoms with Crippen molar-refractivity contribution in [1.29, 1.82) is 0 Å². The first kappa shape index (κ1) is 15.0. The number of alkyl halides is 4. The fourth-order valence-electron chi connectivity index (χ4n) is 0.589. The number of halogens is 4. The maximum atomic E-state index is 11.1. The van der Waals surface area contributed by atoms with Crippen LogP contribution in [-0.2, 0) is 19.1 Å². The molecule has 0 spiro atoms. The molecule has 15 heavy (non-hydrogen) atoms. The summed E-state index contributed by atoms with van der Waals surface area (Å²) in [6.07, 6.45) is 0.130. The monoisotopic (exact) mass is 294 g/mol. The Morgan fingerprint density at radius 3 is 2.20 bits per heavy atom. The van der Waals surface area contributed by atoms with Crippen LogP contribution in [0, 0.1) is 5.92 Å². The molecule has 0 bridgehead atoms. The van der Waals surface area contributed by atoms with Gasteiger partial charge in [-0.1, -0.05) is 34.8 Å². The number of hydrogen-bond acceptors (Lipinski definition) is 4. The second-order valence-electron chi connectivity index (χ2n) is 2.44. The molecule has 0 rings (SSSR count). The number of rotatable bonds is 5. The molecule has 0 amide bonds. The van der Waals surface area contributed by atoms with E-state index in [4.69, 9.17) is 46.4 Å². The highest BCUT2D eigenvalue weighted by molar-refractivity contribution is 6.67. The quantitative estimate of drug-likeness (QED) is 0.334. The average Bonchev–Trinajstić information content (AvgIpc) is 2.14. The minimum absolute atomic E-state index is 0.130. The number of hydrogen-bond donors (Lipinski definition) is 0. The Morgan fingerprint density at radius 2 is 1.87 bits per heavy atom. The van der Waals surface area contributed by atoms with Gasteiger partial charge in [0, 0.05) is 0 Å². The molecule has 1 atom stereocenters. The van der Waals surface area contributed by atoms with E-state index in [1.165, 1.54) is 0 Å². The van der Waals surface area contributed by atoms with Gasteiger partial charge in [-0.15, -0.1) is 11.6 Å².